The van der Waals surface area contributed by atoms with Crippen LogP contribution >= 0.6 is 0 Å². The molecular weight excluding hydrogens is 198 g/mol. The third-order valence-electron chi connectivity index (χ3n) is 3.98. The summed E-state index contributed by atoms with van der Waals surface area (Å²) >= 11 is 0. The second kappa shape index (κ2) is 6.58. The molecule has 1 aliphatic rings. The molecule has 3 heteroatoms. The third kappa shape index (κ3) is 4.04. The van der Waals surface area contributed by atoms with Crippen molar-refractivity contribution >= 4 is 0 Å². The van der Waals surface area contributed by atoms with Crippen LogP contribution in [0.3, 0.4) is 0 Å². The van der Waals surface area contributed by atoms with E-state index in [4.69, 9.17) is 5.73 Å². The van der Waals surface area contributed by atoms with Crippen LogP contribution in [0.15, 0.2) is 0 Å². The van der Waals surface area contributed by atoms with Crippen LogP contribution in [-0.2, 0) is 0 Å². The first-order chi connectivity index (χ1) is 7.54. The first-order valence-electron chi connectivity index (χ1n) is 6.76. The first-order valence-corrected chi connectivity index (χ1v) is 6.76. The molecule has 0 aromatic heterocycles. The SMILES string of the molecule is CC[C@@H](C)[C@H](N)CN1CCN(C(C)C)CC1. The average molecular weight is 227 g/mol. The van der Waals surface area contributed by atoms with E-state index < -0.39 is 0 Å². The predicted octanol–water partition coefficient (Wildman–Crippen LogP) is 1.39. The Bertz CT molecular complexity index is 186. The van der Waals surface area contributed by atoms with Crippen LogP contribution < -0.4 is 5.73 Å². The Morgan fingerprint density at radius 3 is 2.06 bits per heavy atom. The molecule has 1 rings (SSSR count). The Morgan fingerprint density at radius 1 is 1.06 bits per heavy atom. The molecule has 1 heterocycles. The Balaban J connectivity index is 2.26. The molecule has 0 radical (unpaired) electrons. The molecule has 0 unspecified atom stereocenters. The second-order valence-electron chi connectivity index (χ2n) is 5.48. The normalized spacial score (nSPS) is 23.6. The molecule has 0 saturated carbocycles. The molecule has 0 aromatic carbocycles. The molecule has 16 heavy (non-hydrogen) atoms. The molecule has 2 atom stereocenters. The number of hydrogen-bond acceptors (Lipinski definition) is 3. The van der Waals surface area contributed by atoms with Crippen LogP contribution in [0.25, 0.3) is 0 Å². The molecule has 0 aromatic rings. The van der Waals surface area contributed by atoms with Crippen molar-refractivity contribution in [2.24, 2.45) is 11.7 Å². The van der Waals surface area contributed by atoms with Crippen LogP contribution in [0.4, 0.5) is 0 Å². The molecule has 1 fully saturated rings. The fourth-order valence-electron chi connectivity index (χ4n) is 2.24. The van der Waals surface area contributed by atoms with Crippen molar-refractivity contribution in [3.8, 4) is 0 Å². The first kappa shape index (κ1) is 13.9. The number of nitrogens with two attached hydrogens (primary N) is 1. The predicted molar refractivity (Wildman–Crippen MR) is 70.6 cm³/mol. The lowest BCUT2D eigenvalue weighted by molar-refractivity contribution is 0.0995. The molecule has 1 aliphatic heterocycles. The van der Waals surface area contributed by atoms with Crippen LogP contribution in [0, 0.1) is 5.92 Å². The topological polar surface area (TPSA) is 32.5 Å². The van der Waals surface area contributed by atoms with Gasteiger partial charge in [-0.15, -0.1) is 0 Å². The Kier molecular flexibility index (Phi) is 5.73. The zero-order chi connectivity index (χ0) is 12.1. The molecule has 0 bridgehead atoms. The van der Waals surface area contributed by atoms with Crippen molar-refractivity contribution in [1.82, 2.24) is 9.80 Å². The molecule has 2 N–H and O–H groups in total. The highest BCUT2D eigenvalue weighted by Crippen LogP contribution is 2.10. The molecule has 96 valence electrons. The molecule has 3 nitrogen and oxygen atoms in total. The van der Waals surface area contributed by atoms with Crippen molar-refractivity contribution in [1.29, 1.82) is 0 Å². The minimum atomic E-state index is 0.343. The molecule has 0 aliphatic carbocycles. The van der Waals surface area contributed by atoms with Crippen LogP contribution in [0.5, 0.6) is 0 Å². The largest absolute Gasteiger partial charge is 0.326 e. The van der Waals surface area contributed by atoms with Gasteiger partial charge in [-0.05, 0) is 19.8 Å². The summed E-state index contributed by atoms with van der Waals surface area (Å²) in [5.74, 6) is 0.642. The van der Waals surface area contributed by atoms with Gasteiger partial charge in [0.05, 0.1) is 0 Å². The molecule has 0 spiro atoms. The smallest absolute Gasteiger partial charge is 0.0193 e. The van der Waals surface area contributed by atoms with E-state index in [1.165, 1.54) is 32.6 Å². The van der Waals surface area contributed by atoms with Gasteiger partial charge in [0.25, 0.3) is 0 Å². The van der Waals surface area contributed by atoms with Gasteiger partial charge < -0.3 is 5.73 Å². The van der Waals surface area contributed by atoms with Gasteiger partial charge in [-0.25, -0.2) is 0 Å². The van der Waals surface area contributed by atoms with Gasteiger partial charge in [-0.2, -0.15) is 0 Å². The fourth-order valence-corrected chi connectivity index (χ4v) is 2.24. The number of rotatable bonds is 5. The summed E-state index contributed by atoms with van der Waals surface area (Å²) in [5, 5.41) is 0. The van der Waals surface area contributed by atoms with E-state index in [0.29, 0.717) is 18.0 Å². The van der Waals surface area contributed by atoms with Crippen molar-refractivity contribution in [2.75, 3.05) is 32.7 Å². The van der Waals surface area contributed by atoms with Gasteiger partial charge in [-0.3, -0.25) is 9.80 Å². The van der Waals surface area contributed by atoms with E-state index in [2.05, 4.69) is 37.5 Å². The van der Waals surface area contributed by atoms with Crippen LogP contribution in [0.1, 0.15) is 34.1 Å². The van der Waals surface area contributed by atoms with E-state index in [9.17, 15) is 0 Å². The van der Waals surface area contributed by atoms with Crippen molar-refractivity contribution in [3.05, 3.63) is 0 Å². The maximum atomic E-state index is 6.20. The van der Waals surface area contributed by atoms with E-state index in [-0.39, 0.29) is 0 Å². The quantitative estimate of drug-likeness (QED) is 0.770. The van der Waals surface area contributed by atoms with Gasteiger partial charge >= 0.3 is 0 Å². The lowest BCUT2D eigenvalue weighted by Gasteiger charge is -2.38. The van der Waals surface area contributed by atoms with Crippen molar-refractivity contribution in [2.45, 2.75) is 46.2 Å². The summed E-state index contributed by atoms with van der Waals surface area (Å²) in [7, 11) is 0. The Labute approximate surface area is 101 Å². The molecule has 1 saturated heterocycles. The second-order valence-corrected chi connectivity index (χ2v) is 5.48. The standard InChI is InChI=1S/C13H29N3/c1-5-12(4)13(14)10-15-6-8-16(9-7-15)11(2)3/h11-13H,5-10,14H2,1-4H3/t12-,13-/m1/s1. The van der Waals surface area contributed by atoms with E-state index >= 15 is 0 Å². The van der Waals surface area contributed by atoms with Crippen molar-refractivity contribution in [3.63, 3.8) is 0 Å². The summed E-state index contributed by atoms with van der Waals surface area (Å²) in [6.07, 6.45) is 1.19. The maximum absolute atomic E-state index is 6.20. The zero-order valence-electron chi connectivity index (χ0n) is 11.4. The van der Waals surface area contributed by atoms with Gasteiger partial charge in [0.15, 0.2) is 0 Å². The maximum Gasteiger partial charge on any atom is 0.0193 e. The highest BCUT2D eigenvalue weighted by Gasteiger charge is 2.21. The van der Waals surface area contributed by atoms with Crippen LogP contribution in [-0.4, -0.2) is 54.6 Å². The van der Waals surface area contributed by atoms with Gasteiger partial charge in [0, 0.05) is 44.8 Å². The fraction of sp³-hybridized carbons (Fsp3) is 1.00. The van der Waals surface area contributed by atoms with E-state index in [0.717, 1.165) is 6.54 Å². The summed E-state index contributed by atoms with van der Waals surface area (Å²) < 4.78 is 0. The van der Waals surface area contributed by atoms with Crippen molar-refractivity contribution < 1.29 is 0 Å². The minimum Gasteiger partial charge on any atom is -0.326 e. The van der Waals surface area contributed by atoms with Gasteiger partial charge in [0.2, 0.25) is 0 Å². The summed E-state index contributed by atoms with van der Waals surface area (Å²) in [5.41, 5.74) is 6.20. The highest BCUT2D eigenvalue weighted by molar-refractivity contribution is 4.79. The zero-order valence-corrected chi connectivity index (χ0v) is 11.4. The molecular formula is C13H29N3. The summed E-state index contributed by atoms with van der Waals surface area (Å²) in [4.78, 5) is 5.07. The van der Waals surface area contributed by atoms with Gasteiger partial charge in [-0.1, -0.05) is 20.3 Å². The third-order valence-corrected chi connectivity index (χ3v) is 3.98. The lowest BCUT2D eigenvalue weighted by Crippen LogP contribution is -2.52. The Morgan fingerprint density at radius 2 is 1.62 bits per heavy atom. The monoisotopic (exact) mass is 227 g/mol. The van der Waals surface area contributed by atoms with E-state index in [1.807, 2.05) is 0 Å². The summed E-state index contributed by atoms with van der Waals surface area (Å²) in [6.45, 7) is 14.9. The lowest BCUT2D eigenvalue weighted by atomic mass is 9.99. The average Bonchev–Trinajstić information content (AvgIpc) is 2.28. The number of nitrogens with zero attached hydrogens (tertiary/aromatic N) is 2. The number of piperazine rings is 1. The van der Waals surface area contributed by atoms with E-state index in [1.54, 1.807) is 0 Å². The van der Waals surface area contributed by atoms with Crippen LogP contribution in [0.2, 0.25) is 0 Å². The Hall–Kier alpha value is -0.120. The summed E-state index contributed by atoms with van der Waals surface area (Å²) in [6, 6.07) is 1.03. The number of hydrogen-bond donors (Lipinski definition) is 1. The van der Waals surface area contributed by atoms with Gasteiger partial charge in [0.1, 0.15) is 0 Å². The highest BCUT2D eigenvalue weighted by atomic mass is 15.3. The molecule has 0 amide bonds. The minimum absolute atomic E-state index is 0.343.